The van der Waals surface area contributed by atoms with Gasteiger partial charge in [0.15, 0.2) is 17.3 Å². The van der Waals surface area contributed by atoms with E-state index >= 15 is 0 Å². The number of nitrogens with one attached hydrogen (secondary N) is 1. The fourth-order valence-corrected chi connectivity index (χ4v) is 3.20. The third kappa shape index (κ3) is 4.06. The van der Waals surface area contributed by atoms with Crippen molar-refractivity contribution in [2.45, 2.75) is 12.5 Å². The lowest BCUT2D eigenvalue weighted by atomic mass is 9.96. The SMILES string of the molecule is COc1ccc(C2CC(=O)c3ccccc3O2)cc1OC(=O)Nc1ccccc1. The van der Waals surface area contributed by atoms with Crippen LogP contribution in [0.3, 0.4) is 0 Å². The molecule has 1 unspecified atom stereocenters. The third-order valence-corrected chi connectivity index (χ3v) is 4.61. The molecular formula is C23H19NO5. The van der Waals surface area contributed by atoms with Crippen LogP contribution < -0.4 is 19.5 Å². The normalized spacial score (nSPS) is 15.1. The predicted octanol–water partition coefficient (Wildman–Crippen LogP) is 5.01. The molecule has 1 aliphatic rings. The van der Waals surface area contributed by atoms with Gasteiger partial charge in [0.05, 0.1) is 19.1 Å². The van der Waals surface area contributed by atoms with Crippen LogP contribution in [0.5, 0.6) is 17.2 Å². The Balaban J connectivity index is 1.56. The Kier molecular flexibility index (Phi) is 5.16. The lowest BCUT2D eigenvalue weighted by Crippen LogP contribution is -2.21. The lowest BCUT2D eigenvalue weighted by molar-refractivity contribution is 0.0849. The van der Waals surface area contributed by atoms with Crippen molar-refractivity contribution in [3.05, 3.63) is 83.9 Å². The van der Waals surface area contributed by atoms with E-state index in [1.807, 2.05) is 30.3 Å². The number of fused-ring (bicyclic) bond motifs is 1. The predicted molar refractivity (Wildman–Crippen MR) is 108 cm³/mol. The van der Waals surface area contributed by atoms with Crippen molar-refractivity contribution in [1.29, 1.82) is 0 Å². The van der Waals surface area contributed by atoms with E-state index in [9.17, 15) is 9.59 Å². The van der Waals surface area contributed by atoms with Gasteiger partial charge >= 0.3 is 6.09 Å². The second-order valence-electron chi connectivity index (χ2n) is 6.52. The molecule has 1 heterocycles. The highest BCUT2D eigenvalue weighted by Gasteiger charge is 2.28. The summed E-state index contributed by atoms with van der Waals surface area (Å²) in [5.41, 5.74) is 1.91. The molecule has 3 aromatic carbocycles. The number of para-hydroxylation sites is 2. The number of amides is 1. The molecule has 6 nitrogen and oxygen atoms in total. The molecule has 0 spiro atoms. The molecule has 29 heavy (non-hydrogen) atoms. The second-order valence-corrected chi connectivity index (χ2v) is 6.52. The molecule has 1 atom stereocenters. The molecular weight excluding hydrogens is 370 g/mol. The molecule has 0 saturated heterocycles. The van der Waals surface area contributed by atoms with Gasteiger partial charge in [0.1, 0.15) is 11.9 Å². The Morgan fingerprint density at radius 1 is 1.00 bits per heavy atom. The minimum absolute atomic E-state index is 0.0111. The minimum atomic E-state index is -0.641. The Hall–Kier alpha value is -3.80. The van der Waals surface area contributed by atoms with Gasteiger partial charge in [0.2, 0.25) is 0 Å². The molecule has 4 rings (SSSR count). The van der Waals surface area contributed by atoms with E-state index in [-0.39, 0.29) is 18.0 Å². The molecule has 0 aliphatic carbocycles. The fourth-order valence-electron chi connectivity index (χ4n) is 3.20. The number of anilines is 1. The molecule has 6 heteroatoms. The molecule has 0 bridgehead atoms. The van der Waals surface area contributed by atoms with Gasteiger partial charge in [-0.15, -0.1) is 0 Å². The molecule has 1 aliphatic heterocycles. The van der Waals surface area contributed by atoms with Gasteiger partial charge in [-0.05, 0) is 42.0 Å². The number of Topliss-reactive ketones (excluding diaryl/α,β-unsaturated/α-hetero) is 1. The first-order valence-electron chi connectivity index (χ1n) is 9.15. The smallest absolute Gasteiger partial charge is 0.417 e. The van der Waals surface area contributed by atoms with Gasteiger partial charge < -0.3 is 14.2 Å². The van der Waals surface area contributed by atoms with Gasteiger partial charge in [-0.2, -0.15) is 0 Å². The van der Waals surface area contributed by atoms with Crippen molar-refractivity contribution >= 4 is 17.6 Å². The monoisotopic (exact) mass is 389 g/mol. The first-order chi connectivity index (χ1) is 14.1. The Bertz CT molecular complexity index is 1050. The van der Waals surface area contributed by atoms with Gasteiger partial charge in [0.25, 0.3) is 0 Å². The van der Waals surface area contributed by atoms with Crippen LogP contribution in [0.1, 0.15) is 28.4 Å². The van der Waals surface area contributed by atoms with Crippen LogP contribution in [0.25, 0.3) is 0 Å². The molecule has 146 valence electrons. The van der Waals surface area contributed by atoms with Crippen molar-refractivity contribution in [2.24, 2.45) is 0 Å². The van der Waals surface area contributed by atoms with Crippen LogP contribution >= 0.6 is 0 Å². The third-order valence-electron chi connectivity index (χ3n) is 4.61. The molecule has 0 fully saturated rings. The highest BCUT2D eigenvalue weighted by Crippen LogP contribution is 2.38. The van der Waals surface area contributed by atoms with Crippen molar-refractivity contribution in [2.75, 3.05) is 12.4 Å². The van der Waals surface area contributed by atoms with Gasteiger partial charge in [0, 0.05) is 5.69 Å². The summed E-state index contributed by atoms with van der Waals surface area (Å²) in [6.45, 7) is 0. The van der Waals surface area contributed by atoms with Gasteiger partial charge in [-0.1, -0.05) is 36.4 Å². The molecule has 1 N–H and O–H groups in total. The van der Waals surface area contributed by atoms with E-state index in [4.69, 9.17) is 14.2 Å². The number of hydrogen-bond acceptors (Lipinski definition) is 5. The molecule has 3 aromatic rings. The van der Waals surface area contributed by atoms with Crippen molar-refractivity contribution in [3.63, 3.8) is 0 Å². The van der Waals surface area contributed by atoms with E-state index in [2.05, 4.69) is 5.32 Å². The van der Waals surface area contributed by atoms with Crippen LogP contribution in [0.4, 0.5) is 10.5 Å². The summed E-state index contributed by atoms with van der Waals surface area (Å²) in [7, 11) is 1.49. The lowest BCUT2D eigenvalue weighted by Gasteiger charge is -2.26. The van der Waals surface area contributed by atoms with Crippen molar-refractivity contribution in [3.8, 4) is 17.2 Å². The molecule has 0 radical (unpaired) electrons. The first kappa shape index (κ1) is 18.6. The number of carbonyl (C=O) groups is 2. The summed E-state index contributed by atoms with van der Waals surface area (Å²) in [6.07, 6.45) is -0.903. The van der Waals surface area contributed by atoms with Crippen molar-refractivity contribution < 1.29 is 23.8 Å². The quantitative estimate of drug-likeness (QED) is 0.679. The zero-order valence-corrected chi connectivity index (χ0v) is 15.8. The summed E-state index contributed by atoms with van der Waals surface area (Å²) < 4.78 is 16.8. The average Bonchev–Trinajstić information content (AvgIpc) is 2.74. The minimum Gasteiger partial charge on any atom is -0.493 e. The Morgan fingerprint density at radius 2 is 1.76 bits per heavy atom. The zero-order chi connectivity index (χ0) is 20.2. The topological polar surface area (TPSA) is 73.9 Å². The maximum atomic E-state index is 12.5. The highest BCUT2D eigenvalue weighted by molar-refractivity contribution is 6.00. The van der Waals surface area contributed by atoms with Gasteiger partial charge in [-0.3, -0.25) is 10.1 Å². The van der Waals surface area contributed by atoms with Crippen LogP contribution in [-0.4, -0.2) is 19.0 Å². The summed E-state index contributed by atoms with van der Waals surface area (Å²) in [6, 6.07) is 21.3. The number of hydrogen-bond donors (Lipinski definition) is 1. The maximum absolute atomic E-state index is 12.5. The largest absolute Gasteiger partial charge is 0.493 e. The van der Waals surface area contributed by atoms with Crippen molar-refractivity contribution in [1.82, 2.24) is 0 Å². The Labute approximate surface area is 168 Å². The van der Waals surface area contributed by atoms with E-state index in [0.29, 0.717) is 22.7 Å². The maximum Gasteiger partial charge on any atom is 0.417 e. The average molecular weight is 389 g/mol. The molecule has 0 aromatic heterocycles. The summed E-state index contributed by atoms with van der Waals surface area (Å²) in [5, 5.41) is 2.66. The van der Waals surface area contributed by atoms with Gasteiger partial charge in [-0.25, -0.2) is 4.79 Å². The summed E-state index contributed by atoms with van der Waals surface area (Å²) in [4.78, 5) is 24.7. The standard InChI is InChI=1S/C23H19NO5/c1-27-20-12-11-15(21-14-18(25)17-9-5-6-10-19(17)28-21)13-22(20)29-23(26)24-16-7-3-2-4-8-16/h2-13,21H,14H2,1H3,(H,24,26). The number of ether oxygens (including phenoxy) is 3. The zero-order valence-electron chi connectivity index (χ0n) is 15.8. The molecule has 0 saturated carbocycles. The van der Waals surface area contributed by atoms with E-state index < -0.39 is 12.2 Å². The summed E-state index contributed by atoms with van der Waals surface area (Å²) >= 11 is 0. The van der Waals surface area contributed by atoms with Crippen LogP contribution in [0.15, 0.2) is 72.8 Å². The number of rotatable bonds is 4. The van der Waals surface area contributed by atoms with E-state index in [1.54, 1.807) is 42.5 Å². The van der Waals surface area contributed by atoms with E-state index in [1.165, 1.54) is 7.11 Å². The molecule has 1 amide bonds. The first-order valence-corrected chi connectivity index (χ1v) is 9.15. The Morgan fingerprint density at radius 3 is 2.55 bits per heavy atom. The van der Waals surface area contributed by atoms with Crippen LogP contribution in [-0.2, 0) is 0 Å². The van der Waals surface area contributed by atoms with Crippen LogP contribution in [0.2, 0.25) is 0 Å². The number of methoxy groups -OCH3 is 1. The highest BCUT2D eigenvalue weighted by atomic mass is 16.6. The number of benzene rings is 3. The summed E-state index contributed by atoms with van der Waals surface area (Å²) in [5.74, 6) is 1.21. The van der Waals surface area contributed by atoms with Crippen LogP contribution in [0, 0.1) is 0 Å². The number of ketones is 1. The number of carbonyl (C=O) groups excluding carboxylic acids is 2. The second kappa shape index (κ2) is 8.06. The van der Waals surface area contributed by atoms with E-state index in [0.717, 1.165) is 5.56 Å². The fraction of sp³-hybridized carbons (Fsp3) is 0.130.